The van der Waals surface area contributed by atoms with Crippen LogP contribution in [-0.2, 0) is 11.8 Å². The van der Waals surface area contributed by atoms with Crippen LogP contribution < -0.4 is 0 Å². The average molecular weight is 320 g/mol. The van der Waals surface area contributed by atoms with Gasteiger partial charge >= 0.3 is 5.97 Å². The van der Waals surface area contributed by atoms with Crippen LogP contribution in [0.1, 0.15) is 48.9 Å². The van der Waals surface area contributed by atoms with Gasteiger partial charge in [-0.25, -0.2) is 4.98 Å². The van der Waals surface area contributed by atoms with Crippen molar-refractivity contribution in [3.63, 3.8) is 0 Å². The van der Waals surface area contributed by atoms with Crippen LogP contribution >= 0.6 is 0 Å². The van der Waals surface area contributed by atoms with E-state index in [0.717, 1.165) is 49.4 Å². The molecular weight excluding hydrogens is 292 g/mol. The molecule has 0 radical (unpaired) electrons. The Morgan fingerprint density at radius 3 is 2.26 bits per heavy atom. The van der Waals surface area contributed by atoms with Crippen LogP contribution in [0, 0.1) is 13.8 Å². The zero-order chi connectivity index (χ0) is 16.6. The maximum atomic E-state index is 12.0. The molecule has 128 valence electrons. The second-order valence-electron chi connectivity index (χ2n) is 6.94. The Morgan fingerprint density at radius 1 is 1.17 bits per heavy atom. The van der Waals surface area contributed by atoms with E-state index in [-0.39, 0.29) is 0 Å². The highest BCUT2D eigenvalue weighted by molar-refractivity contribution is 5.75. The lowest BCUT2D eigenvalue weighted by Gasteiger charge is -2.40. The normalized spacial score (nSPS) is 22.6. The van der Waals surface area contributed by atoms with E-state index in [0.29, 0.717) is 0 Å². The molecule has 1 aromatic heterocycles. The molecule has 2 fully saturated rings. The van der Waals surface area contributed by atoms with Crippen molar-refractivity contribution in [2.24, 2.45) is 7.05 Å². The van der Waals surface area contributed by atoms with E-state index in [1.807, 2.05) is 25.5 Å². The SMILES string of the molecule is Cc1nc(C)n(C)c1C(C(=O)O)N1CCN(C2CCCC2)CC1. The van der Waals surface area contributed by atoms with E-state index in [9.17, 15) is 9.90 Å². The van der Waals surface area contributed by atoms with Gasteiger partial charge in [-0.3, -0.25) is 14.6 Å². The largest absolute Gasteiger partial charge is 0.480 e. The van der Waals surface area contributed by atoms with Crippen molar-refractivity contribution in [3.8, 4) is 0 Å². The molecule has 23 heavy (non-hydrogen) atoms. The smallest absolute Gasteiger partial charge is 0.327 e. The Kier molecular flexibility index (Phi) is 4.73. The molecular formula is C17H28N4O2. The fraction of sp³-hybridized carbons (Fsp3) is 0.765. The van der Waals surface area contributed by atoms with Crippen LogP contribution in [0.4, 0.5) is 0 Å². The number of aliphatic carboxylic acids is 1. The maximum Gasteiger partial charge on any atom is 0.327 e. The van der Waals surface area contributed by atoms with E-state index in [2.05, 4.69) is 14.8 Å². The van der Waals surface area contributed by atoms with Crippen LogP contribution in [0.2, 0.25) is 0 Å². The number of carboxylic acid groups (broad SMARTS) is 1. The third kappa shape index (κ3) is 3.15. The number of piperazine rings is 1. The van der Waals surface area contributed by atoms with Gasteiger partial charge in [0.15, 0.2) is 6.04 Å². The Balaban J connectivity index is 1.74. The van der Waals surface area contributed by atoms with Crippen LogP contribution in [0.25, 0.3) is 0 Å². The number of hydrogen-bond acceptors (Lipinski definition) is 4. The van der Waals surface area contributed by atoms with Crippen molar-refractivity contribution in [1.29, 1.82) is 0 Å². The summed E-state index contributed by atoms with van der Waals surface area (Å²) in [5.74, 6) is 0.0961. The van der Waals surface area contributed by atoms with Crippen molar-refractivity contribution in [3.05, 3.63) is 17.2 Å². The molecule has 1 saturated heterocycles. The summed E-state index contributed by atoms with van der Waals surface area (Å²) in [5.41, 5.74) is 1.65. The Labute approximate surface area is 138 Å². The van der Waals surface area contributed by atoms with Crippen molar-refractivity contribution in [2.75, 3.05) is 26.2 Å². The van der Waals surface area contributed by atoms with Crippen LogP contribution in [0.5, 0.6) is 0 Å². The van der Waals surface area contributed by atoms with Gasteiger partial charge in [0.05, 0.1) is 11.4 Å². The van der Waals surface area contributed by atoms with Gasteiger partial charge in [-0.15, -0.1) is 0 Å². The van der Waals surface area contributed by atoms with Crippen LogP contribution in [0.3, 0.4) is 0 Å². The van der Waals surface area contributed by atoms with E-state index in [4.69, 9.17) is 0 Å². The number of rotatable bonds is 4. The first-order valence-electron chi connectivity index (χ1n) is 8.69. The minimum Gasteiger partial charge on any atom is -0.480 e. The summed E-state index contributed by atoms with van der Waals surface area (Å²) in [6.07, 6.45) is 5.30. The summed E-state index contributed by atoms with van der Waals surface area (Å²) in [5, 5.41) is 9.82. The molecule has 1 aliphatic carbocycles. The molecule has 0 amide bonds. The number of nitrogens with zero attached hydrogens (tertiary/aromatic N) is 4. The first-order chi connectivity index (χ1) is 11.0. The van der Waals surface area contributed by atoms with E-state index in [1.165, 1.54) is 25.7 Å². The molecule has 2 aliphatic rings. The van der Waals surface area contributed by atoms with Crippen LogP contribution in [0.15, 0.2) is 0 Å². The molecule has 2 heterocycles. The quantitative estimate of drug-likeness (QED) is 0.915. The zero-order valence-electron chi connectivity index (χ0n) is 14.5. The van der Waals surface area contributed by atoms with Crippen molar-refractivity contribution >= 4 is 5.97 Å². The number of aromatic nitrogens is 2. The van der Waals surface area contributed by atoms with Crippen LogP contribution in [-0.4, -0.2) is 62.6 Å². The number of hydrogen-bond donors (Lipinski definition) is 1. The van der Waals surface area contributed by atoms with Gasteiger partial charge < -0.3 is 9.67 Å². The molecule has 0 bridgehead atoms. The first-order valence-corrected chi connectivity index (χ1v) is 8.69. The predicted molar refractivity (Wildman–Crippen MR) is 88.5 cm³/mol. The molecule has 1 unspecified atom stereocenters. The molecule has 3 rings (SSSR count). The average Bonchev–Trinajstić information content (AvgIpc) is 3.13. The summed E-state index contributed by atoms with van der Waals surface area (Å²) in [7, 11) is 1.91. The summed E-state index contributed by atoms with van der Waals surface area (Å²) < 4.78 is 1.93. The second-order valence-corrected chi connectivity index (χ2v) is 6.94. The monoisotopic (exact) mass is 320 g/mol. The highest BCUT2D eigenvalue weighted by Gasteiger charge is 2.35. The molecule has 1 atom stereocenters. The second kappa shape index (κ2) is 6.61. The Morgan fingerprint density at radius 2 is 1.78 bits per heavy atom. The molecule has 0 spiro atoms. The molecule has 1 N–H and O–H groups in total. The Bertz CT molecular complexity index is 569. The lowest BCUT2D eigenvalue weighted by Crippen LogP contribution is -2.52. The zero-order valence-corrected chi connectivity index (χ0v) is 14.5. The topological polar surface area (TPSA) is 61.6 Å². The van der Waals surface area contributed by atoms with Gasteiger partial charge in [-0.1, -0.05) is 12.8 Å². The van der Waals surface area contributed by atoms with E-state index < -0.39 is 12.0 Å². The van der Waals surface area contributed by atoms with Gasteiger partial charge in [-0.2, -0.15) is 0 Å². The predicted octanol–water partition coefficient (Wildman–Crippen LogP) is 1.72. The third-order valence-corrected chi connectivity index (χ3v) is 5.59. The van der Waals surface area contributed by atoms with Crippen molar-refractivity contribution in [2.45, 2.75) is 51.6 Å². The molecule has 1 aromatic rings. The van der Waals surface area contributed by atoms with E-state index in [1.54, 1.807) is 0 Å². The summed E-state index contributed by atoms with van der Waals surface area (Å²) >= 11 is 0. The van der Waals surface area contributed by atoms with E-state index >= 15 is 0 Å². The third-order valence-electron chi connectivity index (χ3n) is 5.59. The fourth-order valence-corrected chi connectivity index (χ4v) is 4.25. The standard InChI is InChI=1S/C17H28N4O2/c1-12-15(19(3)13(2)18-12)16(17(22)23)21-10-8-20(9-11-21)14-6-4-5-7-14/h14,16H,4-11H2,1-3H3,(H,22,23). The highest BCUT2D eigenvalue weighted by atomic mass is 16.4. The summed E-state index contributed by atoms with van der Waals surface area (Å²) in [6.45, 7) is 7.42. The van der Waals surface area contributed by atoms with Gasteiger partial charge in [0, 0.05) is 39.3 Å². The minimum atomic E-state index is -0.773. The fourth-order valence-electron chi connectivity index (χ4n) is 4.25. The van der Waals surface area contributed by atoms with Gasteiger partial charge in [0.1, 0.15) is 5.82 Å². The molecule has 1 saturated carbocycles. The number of aryl methyl sites for hydroxylation is 2. The number of imidazole rings is 1. The Hall–Kier alpha value is -1.40. The van der Waals surface area contributed by atoms with Gasteiger partial charge in [0.2, 0.25) is 0 Å². The summed E-state index contributed by atoms with van der Waals surface area (Å²) in [6, 6.07) is 0.132. The van der Waals surface area contributed by atoms with Gasteiger partial charge in [-0.05, 0) is 26.7 Å². The molecule has 1 aliphatic heterocycles. The first kappa shape index (κ1) is 16.5. The highest BCUT2D eigenvalue weighted by Crippen LogP contribution is 2.29. The summed E-state index contributed by atoms with van der Waals surface area (Å²) in [4.78, 5) is 21.1. The van der Waals surface area contributed by atoms with Gasteiger partial charge in [0.25, 0.3) is 0 Å². The maximum absolute atomic E-state index is 12.0. The lowest BCUT2D eigenvalue weighted by atomic mass is 10.1. The number of carbonyl (C=O) groups is 1. The van der Waals surface area contributed by atoms with Crippen molar-refractivity contribution < 1.29 is 9.90 Å². The molecule has 6 nitrogen and oxygen atoms in total. The molecule has 6 heteroatoms. The minimum absolute atomic E-state index is 0.591. The molecule has 0 aromatic carbocycles. The lowest BCUT2D eigenvalue weighted by molar-refractivity contribution is -0.144. The van der Waals surface area contributed by atoms with Crippen molar-refractivity contribution in [1.82, 2.24) is 19.4 Å². The number of carboxylic acids is 1.